The summed E-state index contributed by atoms with van der Waals surface area (Å²) in [5, 5.41) is 12.4. The van der Waals surface area contributed by atoms with Gasteiger partial charge in [-0.1, -0.05) is 48.5 Å². The van der Waals surface area contributed by atoms with Gasteiger partial charge in [-0.25, -0.2) is 0 Å². The topological polar surface area (TPSA) is 137 Å². The van der Waals surface area contributed by atoms with Gasteiger partial charge in [-0.15, -0.1) is 0 Å². The highest BCUT2D eigenvalue weighted by atomic mass is 16.5. The lowest BCUT2D eigenvalue weighted by Crippen LogP contribution is -2.63. The molecular formula is C45H42N4O7. The second kappa shape index (κ2) is 13.2. The molecule has 3 saturated heterocycles. The summed E-state index contributed by atoms with van der Waals surface area (Å²) in [5.74, 6) is -0.282. The third-order valence-corrected chi connectivity index (χ3v) is 12.9. The smallest absolute Gasteiger partial charge is 0.262 e. The molecule has 4 heterocycles. The van der Waals surface area contributed by atoms with Crippen LogP contribution in [0.15, 0.2) is 84.9 Å². The number of fused-ring (bicyclic) bond motifs is 3. The summed E-state index contributed by atoms with van der Waals surface area (Å²) in [6.07, 6.45) is 3.60. The van der Waals surface area contributed by atoms with Gasteiger partial charge in [-0.05, 0) is 108 Å². The Bertz CT molecular complexity index is 2270. The van der Waals surface area contributed by atoms with Crippen LogP contribution in [0.2, 0.25) is 0 Å². The van der Waals surface area contributed by atoms with Gasteiger partial charge < -0.3 is 14.7 Å². The summed E-state index contributed by atoms with van der Waals surface area (Å²) in [5.41, 5.74) is 7.55. The quantitative estimate of drug-likeness (QED) is 0.267. The van der Waals surface area contributed by atoms with Crippen LogP contribution in [0, 0.1) is 5.41 Å². The zero-order valence-corrected chi connectivity index (χ0v) is 30.9. The van der Waals surface area contributed by atoms with E-state index in [1.54, 1.807) is 18.2 Å². The lowest BCUT2D eigenvalue weighted by atomic mass is 9.69. The molecule has 11 heteroatoms. The van der Waals surface area contributed by atoms with Crippen LogP contribution in [0.3, 0.4) is 0 Å². The molecule has 1 spiro atoms. The molecule has 284 valence electrons. The van der Waals surface area contributed by atoms with Crippen molar-refractivity contribution in [3.63, 3.8) is 0 Å². The first-order chi connectivity index (χ1) is 27.1. The number of ether oxygens (including phenoxy) is 1. The normalized spacial score (nSPS) is 24.0. The molecule has 4 aromatic rings. The largest absolute Gasteiger partial charge is 0.508 e. The van der Waals surface area contributed by atoms with Crippen molar-refractivity contribution in [3.05, 3.63) is 129 Å². The molecule has 1 unspecified atom stereocenters. The van der Waals surface area contributed by atoms with E-state index in [1.807, 2.05) is 23.1 Å². The van der Waals surface area contributed by atoms with Gasteiger partial charge in [-0.2, -0.15) is 0 Å². The number of benzene rings is 4. The SMILES string of the molecule is O=C1CCC(N2C(=O)c3cc4c(cc3C2=O)CC2(C4)CN(C(=O)CN3CC(Oc4ccc([C@@H]5c6ccc(O)cc6CC[C@@H]5c5ccccc5)cc4)C3)C2)C(=O)N1. The number of phenols is 1. The number of hydrogen-bond donors (Lipinski definition) is 2. The third-order valence-electron chi connectivity index (χ3n) is 12.9. The number of carbonyl (C=O) groups excluding carboxylic acids is 5. The Balaban J connectivity index is 0.722. The molecule has 10 rings (SSSR count). The molecule has 4 aromatic carbocycles. The second-order valence-corrected chi connectivity index (χ2v) is 16.6. The standard InChI is InChI=1S/C45H42N4O7/c50-31-9-13-35-28(16-31)8-12-34(26-4-2-1-3-5-26)41(35)27-6-10-32(11-7-27)56-33-21-47(22-33)23-40(52)48-24-45(25-48)19-29-17-36-37(18-30(29)20-45)44(55)49(43(36)54)38-14-15-39(51)46-42(38)53/h1-7,9-11,13,16-18,33-34,38,41,50H,8,12,14-15,19-25H2,(H,46,51,53)/t34-,38?,41+/m1/s1. The highest BCUT2D eigenvalue weighted by molar-refractivity contribution is 6.23. The summed E-state index contributed by atoms with van der Waals surface area (Å²) in [7, 11) is 0. The fourth-order valence-corrected chi connectivity index (χ4v) is 10.2. The van der Waals surface area contributed by atoms with Gasteiger partial charge >= 0.3 is 0 Å². The maximum absolute atomic E-state index is 13.3. The zero-order valence-electron chi connectivity index (χ0n) is 30.9. The van der Waals surface area contributed by atoms with Gasteiger partial charge in [0.25, 0.3) is 11.8 Å². The van der Waals surface area contributed by atoms with Crippen molar-refractivity contribution in [3.8, 4) is 11.5 Å². The molecule has 0 saturated carbocycles. The highest BCUT2D eigenvalue weighted by Gasteiger charge is 2.51. The number of hydrogen-bond acceptors (Lipinski definition) is 8. The molecule has 56 heavy (non-hydrogen) atoms. The fourth-order valence-electron chi connectivity index (χ4n) is 10.2. The highest BCUT2D eigenvalue weighted by Crippen LogP contribution is 2.48. The summed E-state index contributed by atoms with van der Waals surface area (Å²) in [6.45, 7) is 2.96. The Morgan fingerprint density at radius 2 is 1.48 bits per heavy atom. The molecule has 0 aromatic heterocycles. The number of aromatic hydroxyl groups is 1. The van der Waals surface area contributed by atoms with Crippen LogP contribution in [0.5, 0.6) is 11.5 Å². The number of likely N-dealkylation sites (tertiary alicyclic amines) is 2. The average Bonchev–Trinajstić information content (AvgIpc) is 3.66. The number of piperidine rings is 1. The van der Waals surface area contributed by atoms with E-state index in [1.165, 1.54) is 22.3 Å². The minimum absolute atomic E-state index is 0.00875. The number of nitrogens with zero attached hydrogens (tertiary/aromatic N) is 3. The maximum Gasteiger partial charge on any atom is 0.262 e. The minimum Gasteiger partial charge on any atom is -0.508 e. The van der Waals surface area contributed by atoms with Crippen molar-refractivity contribution in [2.75, 3.05) is 32.7 Å². The van der Waals surface area contributed by atoms with Crippen LogP contribution in [-0.2, 0) is 33.6 Å². The Morgan fingerprint density at radius 1 is 0.786 bits per heavy atom. The number of aryl methyl sites for hydroxylation is 1. The van der Waals surface area contributed by atoms with Crippen LogP contribution in [0.25, 0.3) is 0 Å². The molecule has 0 bridgehead atoms. The van der Waals surface area contributed by atoms with E-state index in [0.717, 1.165) is 47.5 Å². The Kier molecular flexibility index (Phi) is 8.14. The molecule has 5 amide bonds. The van der Waals surface area contributed by atoms with E-state index in [4.69, 9.17) is 4.74 Å². The van der Waals surface area contributed by atoms with E-state index in [9.17, 15) is 29.1 Å². The lowest BCUT2D eigenvalue weighted by Gasteiger charge is -2.49. The molecule has 2 aliphatic carbocycles. The predicted molar refractivity (Wildman–Crippen MR) is 204 cm³/mol. The number of carbonyl (C=O) groups is 5. The lowest BCUT2D eigenvalue weighted by molar-refractivity contribution is -0.146. The van der Waals surface area contributed by atoms with Crippen molar-refractivity contribution >= 4 is 29.5 Å². The number of nitrogens with one attached hydrogen (secondary N) is 1. The first kappa shape index (κ1) is 34.7. The molecular weight excluding hydrogens is 709 g/mol. The minimum atomic E-state index is -0.982. The molecule has 6 aliphatic rings. The Labute approximate surface area is 324 Å². The molecule has 3 fully saturated rings. The van der Waals surface area contributed by atoms with E-state index in [-0.39, 0.29) is 36.2 Å². The fraction of sp³-hybridized carbons (Fsp3) is 0.356. The number of imide groups is 2. The van der Waals surface area contributed by atoms with Crippen LogP contribution in [0.4, 0.5) is 0 Å². The number of phenolic OH excluding ortho intramolecular Hbond substituents is 1. The number of amides is 5. The van der Waals surface area contributed by atoms with Crippen LogP contribution < -0.4 is 10.1 Å². The van der Waals surface area contributed by atoms with Gasteiger partial charge in [0.1, 0.15) is 23.6 Å². The van der Waals surface area contributed by atoms with Gasteiger partial charge in [0.15, 0.2) is 0 Å². The first-order valence-corrected chi connectivity index (χ1v) is 19.6. The van der Waals surface area contributed by atoms with Gasteiger partial charge in [0.05, 0.1) is 17.7 Å². The summed E-state index contributed by atoms with van der Waals surface area (Å²) in [4.78, 5) is 69.0. The van der Waals surface area contributed by atoms with Gasteiger partial charge in [-0.3, -0.25) is 39.1 Å². The molecule has 11 nitrogen and oxygen atoms in total. The molecule has 2 N–H and O–H groups in total. The summed E-state index contributed by atoms with van der Waals surface area (Å²) >= 11 is 0. The second-order valence-electron chi connectivity index (χ2n) is 16.6. The first-order valence-electron chi connectivity index (χ1n) is 19.6. The Hall–Kier alpha value is -5.81. The molecule has 4 aliphatic heterocycles. The van der Waals surface area contributed by atoms with Crippen molar-refractivity contribution in [2.45, 2.75) is 62.5 Å². The van der Waals surface area contributed by atoms with E-state index in [2.05, 4.69) is 58.7 Å². The zero-order chi connectivity index (χ0) is 38.3. The van der Waals surface area contributed by atoms with E-state index in [0.29, 0.717) is 55.5 Å². The third kappa shape index (κ3) is 5.87. The van der Waals surface area contributed by atoms with E-state index < -0.39 is 29.7 Å². The number of rotatable bonds is 7. The van der Waals surface area contributed by atoms with Crippen molar-refractivity contribution < 1.29 is 33.8 Å². The Morgan fingerprint density at radius 3 is 2.16 bits per heavy atom. The van der Waals surface area contributed by atoms with Crippen LogP contribution >= 0.6 is 0 Å². The van der Waals surface area contributed by atoms with E-state index >= 15 is 0 Å². The van der Waals surface area contributed by atoms with Gasteiger partial charge in [0.2, 0.25) is 17.7 Å². The maximum atomic E-state index is 13.3. The van der Waals surface area contributed by atoms with Crippen LogP contribution in [-0.4, -0.2) is 94.2 Å². The monoisotopic (exact) mass is 750 g/mol. The van der Waals surface area contributed by atoms with Crippen molar-refractivity contribution in [1.29, 1.82) is 0 Å². The molecule has 0 radical (unpaired) electrons. The van der Waals surface area contributed by atoms with Crippen molar-refractivity contribution in [1.82, 2.24) is 20.0 Å². The average molecular weight is 751 g/mol. The van der Waals surface area contributed by atoms with Crippen molar-refractivity contribution in [2.24, 2.45) is 5.41 Å². The van der Waals surface area contributed by atoms with Crippen LogP contribution in [0.1, 0.15) is 85.2 Å². The summed E-state index contributed by atoms with van der Waals surface area (Å²) < 4.78 is 6.33. The molecule has 3 atom stereocenters. The predicted octanol–water partition coefficient (Wildman–Crippen LogP) is 4.35. The summed E-state index contributed by atoms with van der Waals surface area (Å²) in [6, 6.07) is 27.5. The van der Waals surface area contributed by atoms with Gasteiger partial charge in [0, 0.05) is 43.9 Å².